The van der Waals surface area contributed by atoms with E-state index < -0.39 is 36.3 Å². The summed E-state index contributed by atoms with van der Waals surface area (Å²) in [5.41, 5.74) is 1.76. The van der Waals surface area contributed by atoms with Crippen LogP contribution in [-0.2, 0) is 19.8 Å². The van der Waals surface area contributed by atoms with Gasteiger partial charge in [0.15, 0.2) is 6.29 Å². The van der Waals surface area contributed by atoms with Crippen molar-refractivity contribution in [1.29, 1.82) is 0 Å². The Labute approximate surface area is 232 Å². The van der Waals surface area contributed by atoms with Crippen molar-refractivity contribution in [1.82, 2.24) is 0 Å². The first-order valence-electron chi connectivity index (χ1n) is 14.2. The Kier molecular flexibility index (Phi) is 11.1. The molecule has 6 nitrogen and oxygen atoms in total. The molecule has 0 saturated carbocycles. The highest BCUT2D eigenvalue weighted by molar-refractivity contribution is 5.47. The lowest BCUT2D eigenvalue weighted by Gasteiger charge is -2.42. The molecule has 3 N–H and O–H groups in total. The zero-order chi connectivity index (χ0) is 27.5. The van der Waals surface area contributed by atoms with Gasteiger partial charge >= 0.3 is 0 Å². The molecule has 5 atom stereocenters. The van der Waals surface area contributed by atoms with Crippen molar-refractivity contribution in [3.63, 3.8) is 0 Å². The van der Waals surface area contributed by atoms with E-state index in [1.54, 1.807) is 0 Å². The highest BCUT2D eigenvalue weighted by atomic mass is 16.7. The number of benzene rings is 3. The highest BCUT2D eigenvalue weighted by Crippen LogP contribution is 2.41. The van der Waals surface area contributed by atoms with Crippen molar-refractivity contribution >= 4 is 0 Å². The first kappa shape index (κ1) is 29.4. The number of aliphatic hydroxyl groups excluding tert-OH is 3. The van der Waals surface area contributed by atoms with Gasteiger partial charge in [-0.15, -0.1) is 0 Å². The van der Waals surface area contributed by atoms with Crippen LogP contribution >= 0.6 is 0 Å². The maximum atomic E-state index is 10.9. The van der Waals surface area contributed by atoms with Crippen LogP contribution in [0.3, 0.4) is 0 Å². The van der Waals surface area contributed by atoms with Crippen LogP contribution in [0.15, 0.2) is 91.0 Å². The highest BCUT2D eigenvalue weighted by Gasteiger charge is 2.46. The van der Waals surface area contributed by atoms with Gasteiger partial charge in [0.25, 0.3) is 0 Å². The Balaban J connectivity index is 1.54. The number of rotatable bonds is 14. The van der Waals surface area contributed by atoms with E-state index in [2.05, 4.69) is 6.92 Å². The minimum atomic E-state index is -1.42. The van der Waals surface area contributed by atoms with Crippen LogP contribution < -0.4 is 0 Å². The van der Waals surface area contributed by atoms with Crippen LogP contribution in [0.2, 0.25) is 0 Å². The zero-order valence-electron chi connectivity index (χ0n) is 22.8. The van der Waals surface area contributed by atoms with Gasteiger partial charge in [-0.3, -0.25) is 0 Å². The van der Waals surface area contributed by atoms with E-state index in [0.717, 1.165) is 36.0 Å². The van der Waals surface area contributed by atoms with Gasteiger partial charge in [0.05, 0.1) is 6.61 Å². The number of hydrogen-bond acceptors (Lipinski definition) is 6. The maximum absolute atomic E-state index is 10.9. The Morgan fingerprint density at radius 1 is 0.641 bits per heavy atom. The molecule has 0 radical (unpaired) electrons. The largest absolute Gasteiger partial charge is 0.387 e. The van der Waals surface area contributed by atoms with E-state index in [1.807, 2.05) is 91.0 Å². The van der Waals surface area contributed by atoms with Gasteiger partial charge in [-0.2, -0.15) is 0 Å². The van der Waals surface area contributed by atoms with Crippen molar-refractivity contribution in [3.05, 3.63) is 108 Å². The summed E-state index contributed by atoms with van der Waals surface area (Å²) in [7, 11) is 0. The Hall–Kier alpha value is -2.58. The zero-order valence-corrected chi connectivity index (χ0v) is 22.8. The van der Waals surface area contributed by atoms with Crippen molar-refractivity contribution in [3.8, 4) is 0 Å². The smallest absolute Gasteiger partial charge is 0.186 e. The second kappa shape index (κ2) is 14.7. The molecule has 4 rings (SSSR count). The van der Waals surface area contributed by atoms with Crippen LogP contribution in [-0.4, -0.2) is 59.2 Å². The number of ether oxygens (including phenoxy) is 3. The molecule has 0 bridgehead atoms. The van der Waals surface area contributed by atoms with Crippen LogP contribution in [0, 0.1) is 0 Å². The molecule has 210 valence electrons. The monoisotopic (exact) mass is 534 g/mol. The van der Waals surface area contributed by atoms with E-state index in [-0.39, 0.29) is 6.61 Å². The molecule has 1 saturated heterocycles. The maximum Gasteiger partial charge on any atom is 0.186 e. The molecular formula is C33H42O6. The average molecular weight is 535 g/mol. The Bertz CT molecular complexity index is 980. The fourth-order valence-electron chi connectivity index (χ4n) is 5.25. The van der Waals surface area contributed by atoms with Crippen LogP contribution in [0.25, 0.3) is 0 Å². The lowest BCUT2D eigenvalue weighted by atomic mass is 9.80. The van der Waals surface area contributed by atoms with E-state index in [4.69, 9.17) is 14.2 Å². The number of hydrogen-bond donors (Lipinski definition) is 3. The van der Waals surface area contributed by atoms with Crippen LogP contribution in [0.5, 0.6) is 0 Å². The van der Waals surface area contributed by atoms with Gasteiger partial charge < -0.3 is 29.5 Å². The molecule has 39 heavy (non-hydrogen) atoms. The van der Waals surface area contributed by atoms with Gasteiger partial charge in [-0.05, 0) is 23.1 Å². The molecule has 3 aromatic carbocycles. The lowest BCUT2D eigenvalue weighted by molar-refractivity contribution is -0.305. The summed E-state index contributed by atoms with van der Waals surface area (Å²) in [6.45, 7) is 2.56. The van der Waals surface area contributed by atoms with Gasteiger partial charge in [-0.1, -0.05) is 130 Å². The molecule has 0 aliphatic carbocycles. The van der Waals surface area contributed by atoms with E-state index >= 15 is 0 Å². The predicted octanol–water partition coefficient (Wildman–Crippen LogP) is 5.18. The van der Waals surface area contributed by atoms with Crippen molar-refractivity contribution in [2.75, 3.05) is 13.2 Å². The third kappa shape index (κ3) is 7.14. The van der Waals surface area contributed by atoms with Gasteiger partial charge in [-0.25, -0.2) is 0 Å². The second-order valence-electron chi connectivity index (χ2n) is 10.2. The van der Waals surface area contributed by atoms with E-state index in [9.17, 15) is 15.3 Å². The third-order valence-corrected chi connectivity index (χ3v) is 7.45. The second-order valence-corrected chi connectivity index (χ2v) is 10.2. The summed E-state index contributed by atoms with van der Waals surface area (Å²) < 4.78 is 18.6. The molecule has 1 aliphatic heterocycles. The molecule has 6 heteroatoms. The molecule has 1 aliphatic rings. The van der Waals surface area contributed by atoms with Crippen molar-refractivity contribution in [2.45, 2.75) is 81.8 Å². The summed E-state index contributed by atoms with van der Waals surface area (Å²) in [4.78, 5) is 0. The van der Waals surface area contributed by atoms with E-state index in [0.29, 0.717) is 6.61 Å². The predicted molar refractivity (Wildman–Crippen MR) is 151 cm³/mol. The minimum Gasteiger partial charge on any atom is -0.387 e. The standard InChI is InChI=1S/C33H42O6/c1-2-3-4-5-6-16-23-37-32-31(36)30(35)29(34)28(39-32)24-38-33(25-17-10-7-11-18-25,26-19-12-8-13-20-26)27-21-14-9-15-22-27/h7-15,17-22,28-32,34-36H,2-6,16,23-24H2,1H3/t28-,29-,30+,31-,32+/m1/s1. The fourth-order valence-corrected chi connectivity index (χ4v) is 5.25. The summed E-state index contributed by atoms with van der Waals surface area (Å²) in [6.07, 6.45) is 0.591. The molecular weight excluding hydrogens is 492 g/mol. The van der Waals surface area contributed by atoms with Crippen molar-refractivity contribution < 1.29 is 29.5 Å². The molecule has 1 fully saturated rings. The average Bonchev–Trinajstić information content (AvgIpc) is 2.99. The SMILES string of the molecule is CCCCCCCCO[C@H]1O[C@H](COC(c2ccccc2)(c2ccccc2)c2ccccc2)[C@@H](O)[C@H](O)[C@H]1O. The summed E-state index contributed by atoms with van der Waals surface area (Å²) in [6, 6.07) is 29.8. The van der Waals surface area contributed by atoms with Gasteiger partial charge in [0, 0.05) is 6.61 Å². The minimum absolute atomic E-state index is 0.0412. The first-order valence-corrected chi connectivity index (χ1v) is 14.2. The van der Waals surface area contributed by atoms with Gasteiger partial charge in [0.1, 0.15) is 30.0 Å². The molecule has 3 aromatic rings. The number of unbranched alkanes of at least 4 members (excludes halogenated alkanes) is 5. The third-order valence-electron chi connectivity index (χ3n) is 7.45. The van der Waals surface area contributed by atoms with E-state index in [1.165, 1.54) is 19.3 Å². The molecule has 0 unspecified atom stereocenters. The first-order chi connectivity index (χ1) is 19.1. The fraction of sp³-hybridized carbons (Fsp3) is 0.455. The summed E-state index contributed by atoms with van der Waals surface area (Å²) in [5.74, 6) is 0. The van der Waals surface area contributed by atoms with Gasteiger partial charge in [0.2, 0.25) is 0 Å². The molecule has 0 aromatic heterocycles. The van der Waals surface area contributed by atoms with Crippen molar-refractivity contribution in [2.24, 2.45) is 0 Å². The molecule has 0 spiro atoms. The molecule has 0 amide bonds. The lowest BCUT2D eigenvalue weighted by Crippen LogP contribution is -2.59. The van der Waals surface area contributed by atoms with Crippen LogP contribution in [0.4, 0.5) is 0 Å². The summed E-state index contributed by atoms with van der Waals surface area (Å²) >= 11 is 0. The normalized spacial score (nSPS) is 23.5. The quantitative estimate of drug-likeness (QED) is 0.195. The Morgan fingerprint density at radius 2 is 1.13 bits per heavy atom. The summed E-state index contributed by atoms with van der Waals surface area (Å²) in [5, 5.41) is 32.1. The Morgan fingerprint density at radius 3 is 1.64 bits per heavy atom. The molecule has 1 heterocycles. The van der Waals surface area contributed by atoms with Crippen LogP contribution in [0.1, 0.15) is 62.1 Å². The number of aliphatic hydroxyl groups is 3. The topological polar surface area (TPSA) is 88.4 Å².